The van der Waals surface area contributed by atoms with Gasteiger partial charge in [0.05, 0.1) is 0 Å². The maximum absolute atomic E-state index is 5.55. The molecule has 0 aromatic rings. The van der Waals surface area contributed by atoms with Crippen LogP contribution in [-0.2, 0) is 0 Å². The van der Waals surface area contributed by atoms with Crippen molar-refractivity contribution in [2.75, 3.05) is 5.88 Å². The molecule has 0 rings (SSSR count). The Morgan fingerprint density at radius 3 is 2.44 bits per heavy atom. The van der Waals surface area contributed by atoms with Crippen LogP contribution < -0.4 is 0 Å². The molecule has 0 aliphatic carbocycles. The van der Waals surface area contributed by atoms with Crippen LogP contribution in [0.15, 0.2) is 0 Å². The highest BCUT2D eigenvalue weighted by atomic mass is 35.5. The molecule has 9 heavy (non-hydrogen) atoms. The van der Waals surface area contributed by atoms with Crippen molar-refractivity contribution in [1.82, 2.24) is 0 Å². The van der Waals surface area contributed by atoms with E-state index in [4.69, 9.17) is 11.6 Å². The number of rotatable bonds is 5. The third-order valence-corrected chi connectivity index (χ3v) is 1.88. The molecule has 0 N–H and O–H groups in total. The lowest BCUT2D eigenvalue weighted by molar-refractivity contribution is 0.481. The number of hydrogen-bond donors (Lipinski definition) is 0. The normalized spacial score (nSPS) is 13.7. The topological polar surface area (TPSA) is 0 Å². The lowest BCUT2D eigenvalue weighted by Crippen LogP contribution is -1.93. The Bertz CT molecular complexity index is 52.5. The minimum absolute atomic E-state index is 0.827. The summed E-state index contributed by atoms with van der Waals surface area (Å²) in [4.78, 5) is 0. The van der Waals surface area contributed by atoms with Crippen molar-refractivity contribution >= 4 is 11.6 Å². The maximum atomic E-state index is 5.55. The molecule has 0 heterocycles. The zero-order valence-electron chi connectivity index (χ0n) is 6.49. The van der Waals surface area contributed by atoms with Gasteiger partial charge in [-0.15, -0.1) is 11.6 Å². The third kappa shape index (κ3) is 6.17. The Kier molecular flexibility index (Phi) is 6.62. The van der Waals surface area contributed by atoms with E-state index < -0.39 is 0 Å². The van der Waals surface area contributed by atoms with E-state index >= 15 is 0 Å². The molecule has 0 aromatic heterocycles. The third-order valence-electron chi connectivity index (χ3n) is 1.61. The van der Waals surface area contributed by atoms with Gasteiger partial charge in [0, 0.05) is 5.88 Å². The van der Waals surface area contributed by atoms with E-state index in [-0.39, 0.29) is 0 Å². The molecule has 0 aromatic carbocycles. The molecule has 1 heteroatoms. The molecule has 0 aliphatic rings. The molecule has 0 saturated carbocycles. The summed E-state index contributed by atoms with van der Waals surface area (Å²) in [6.07, 6.45) is 5.15. The van der Waals surface area contributed by atoms with Crippen LogP contribution in [0.1, 0.15) is 39.5 Å². The molecule has 0 saturated heterocycles. The van der Waals surface area contributed by atoms with E-state index in [1.165, 1.54) is 25.7 Å². The van der Waals surface area contributed by atoms with Crippen LogP contribution in [0.3, 0.4) is 0 Å². The van der Waals surface area contributed by atoms with Gasteiger partial charge in [-0.1, -0.05) is 26.7 Å². The van der Waals surface area contributed by atoms with E-state index in [9.17, 15) is 0 Å². The summed E-state index contributed by atoms with van der Waals surface area (Å²) in [5.41, 5.74) is 0. The quantitative estimate of drug-likeness (QED) is 0.524. The Morgan fingerprint density at radius 1 is 1.33 bits per heavy atom. The molecule has 56 valence electrons. The van der Waals surface area contributed by atoms with Crippen LogP contribution >= 0.6 is 11.6 Å². The Labute approximate surface area is 63.6 Å². The van der Waals surface area contributed by atoms with Crippen LogP contribution in [0.2, 0.25) is 0 Å². The highest BCUT2D eigenvalue weighted by Crippen LogP contribution is 2.11. The van der Waals surface area contributed by atoms with Crippen LogP contribution in [0, 0.1) is 5.92 Å². The van der Waals surface area contributed by atoms with Gasteiger partial charge in [0.25, 0.3) is 0 Å². The predicted octanol–water partition coefficient (Wildman–Crippen LogP) is 3.44. The van der Waals surface area contributed by atoms with Gasteiger partial charge < -0.3 is 0 Å². The van der Waals surface area contributed by atoms with E-state index in [2.05, 4.69) is 13.8 Å². The number of halogens is 1. The fourth-order valence-corrected chi connectivity index (χ4v) is 1.22. The first-order valence-corrected chi connectivity index (χ1v) is 4.40. The van der Waals surface area contributed by atoms with Crippen molar-refractivity contribution in [1.29, 1.82) is 0 Å². The van der Waals surface area contributed by atoms with Gasteiger partial charge in [-0.3, -0.25) is 0 Å². The summed E-state index contributed by atoms with van der Waals surface area (Å²) >= 11 is 5.55. The number of alkyl halides is 1. The molecule has 0 bridgehead atoms. The Morgan fingerprint density at radius 2 is 2.00 bits per heavy atom. The molecular formula is C8H17Cl. The molecule has 1 unspecified atom stereocenters. The summed E-state index contributed by atoms with van der Waals surface area (Å²) in [5, 5.41) is 0. The molecule has 0 fully saturated rings. The van der Waals surface area contributed by atoms with Gasteiger partial charge in [-0.05, 0) is 18.8 Å². The second kappa shape index (κ2) is 6.41. The molecule has 0 amide bonds. The van der Waals surface area contributed by atoms with Gasteiger partial charge in [0.1, 0.15) is 0 Å². The molecule has 0 spiro atoms. The van der Waals surface area contributed by atoms with Gasteiger partial charge in [-0.25, -0.2) is 0 Å². The summed E-state index contributed by atoms with van der Waals surface area (Å²) in [7, 11) is 0. The van der Waals surface area contributed by atoms with Gasteiger partial charge in [0.2, 0.25) is 0 Å². The summed E-state index contributed by atoms with van der Waals surface area (Å²) in [6, 6.07) is 0. The minimum Gasteiger partial charge on any atom is -0.127 e. The zero-order chi connectivity index (χ0) is 7.11. The Hall–Kier alpha value is 0.290. The molecule has 0 aliphatic heterocycles. The lowest BCUT2D eigenvalue weighted by Gasteiger charge is -2.06. The van der Waals surface area contributed by atoms with Crippen molar-refractivity contribution in [2.45, 2.75) is 39.5 Å². The molecule has 1 atom stereocenters. The maximum Gasteiger partial charge on any atom is 0.0223 e. The first kappa shape index (κ1) is 9.29. The average molecular weight is 149 g/mol. The summed E-state index contributed by atoms with van der Waals surface area (Å²) < 4.78 is 0. The Balaban J connectivity index is 2.95. The molecule has 0 radical (unpaired) electrons. The smallest absolute Gasteiger partial charge is 0.0223 e. The first-order valence-electron chi connectivity index (χ1n) is 3.87. The van der Waals surface area contributed by atoms with Gasteiger partial charge in [-0.2, -0.15) is 0 Å². The standard InChI is InChI=1S/C8H17Cl/c1-3-5-8(2)6-4-7-9/h8H,3-7H2,1-2H3. The van der Waals surface area contributed by atoms with Gasteiger partial charge in [0.15, 0.2) is 0 Å². The second-order valence-electron chi connectivity index (χ2n) is 2.73. The summed E-state index contributed by atoms with van der Waals surface area (Å²) in [6.45, 7) is 4.53. The fourth-order valence-electron chi connectivity index (χ4n) is 1.06. The summed E-state index contributed by atoms with van der Waals surface area (Å²) in [5.74, 6) is 1.71. The van der Waals surface area contributed by atoms with Crippen LogP contribution in [0.25, 0.3) is 0 Å². The van der Waals surface area contributed by atoms with Crippen LogP contribution in [0.4, 0.5) is 0 Å². The molecule has 0 nitrogen and oxygen atoms in total. The number of hydrogen-bond acceptors (Lipinski definition) is 0. The van der Waals surface area contributed by atoms with E-state index in [1.54, 1.807) is 0 Å². The van der Waals surface area contributed by atoms with Gasteiger partial charge >= 0.3 is 0 Å². The minimum atomic E-state index is 0.827. The highest BCUT2D eigenvalue weighted by Gasteiger charge is 1.97. The lowest BCUT2D eigenvalue weighted by atomic mass is 10.0. The van der Waals surface area contributed by atoms with Crippen molar-refractivity contribution in [2.24, 2.45) is 5.92 Å². The van der Waals surface area contributed by atoms with Crippen molar-refractivity contribution in [3.63, 3.8) is 0 Å². The average Bonchev–Trinajstić information content (AvgIpc) is 1.85. The van der Waals surface area contributed by atoms with Crippen molar-refractivity contribution < 1.29 is 0 Å². The highest BCUT2D eigenvalue weighted by molar-refractivity contribution is 6.17. The molecular weight excluding hydrogens is 132 g/mol. The predicted molar refractivity (Wildman–Crippen MR) is 44.0 cm³/mol. The van der Waals surface area contributed by atoms with Crippen LogP contribution in [0.5, 0.6) is 0 Å². The van der Waals surface area contributed by atoms with Crippen molar-refractivity contribution in [3.05, 3.63) is 0 Å². The van der Waals surface area contributed by atoms with E-state index in [0.717, 1.165) is 11.8 Å². The van der Waals surface area contributed by atoms with Crippen LogP contribution in [-0.4, -0.2) is 5.88 Å². The fraction of sp³-hybridized carbons (Fsp3) is 1.00. The van der Waals surface area contributed by atoms with E-state index in [0.29, 0.717) is 0 Å². The largest absolute Gasteiger partial charge is 0.127 e. The first-order chi connectivity index (χ1) is 4.31. The second-order valence-corrected chi connectivity index (χ2v) is 3.10. The van der Waals surface area contributed by atoms with E-state index in [1.807, 2.05) is 0 Å². The zero-order valence-corrected chi connectivity index (χ0v) is 7.25. The SMILES string of the molecule is CCCC(C)CCCCl. The van der Waals surface area contributed by atoms with Crippen molar-refractivity contribution in [3.8, 4) is 0 Å². The monoisotopic (exact) mass is 148 g/mol.